The summed E-state index contributed by atoms with van der Waals surface area (Å²) in [5, 5.41) is 3.30. The zero-order valence-electron chi connectivity index (χ0n) is 11.3. The number of rotatable bonds is 4. The second-order valence-electron chi connectivity index (χ2n) is 5.98. The van der Waals surface area contributed by atoms with Crippen molar-refractivity contribution in [1.82, 2.24) is 10.0 Å². The summed E-state index contributed by atoms with van der Waals surface area (Å²) in [6, 6.07) is 0.125. The Balaban J connectivity index is 1.85. The summed E-state index contributed by atoms with van der Waals surface area (Å²) < 4.78 is 27.3. The largest absolute Gasteiger partial charge is 0.316 e. The minimum Gasteiger partial charge on any atom is -0.316 e. The zero-order chi connectivity index (χ0) is 13.0. The Bertz CT molecular complexity index is 350. The first-order valence-corrected chi connectivity index (χ1v) is 8.93. The lowest BCUT2D eigenvalue weighted by Gasteiger charge is -2.31. The molecule has 4 nitrogen and oxygen atoms in total. The highest BCUT2D eigenvalue weighted by Gasteiger charge is 2.27. The van der Waals surface area contributed by atoms with E-state index in [1.54, 1.807) is 0 Å². The molecule has 0 amide bonds. The van der Waals surface area contributed by atoms with E-state index in [1.807, 2.05) is 0 Å². The van der Waals surface area contributed by atoms with Gasteiger partial charge in [-0.25, -0.2) is 13.1 Å². The molecule has 1 aliphatic heterocycles. The van der Waals surface area contributed by atoms with E-state index in [2.05, 4.69) is 17.0 Å². The summed E-state index contributed by atoms with van der Waals surface area (Å²) in [5.74, 6) is 1.11. The van der Waals surface area contributed by atoms with Crippen LogP contribution in [0.4, 0.5) is 0 Å². The van der Waals surface area contributed by atoms with Gasteiger partial charge in [-0.05, 0) is 44.2 Å². The fourth-order valence-corrected chi connectivity index (χ4v) is 4.99. The summed E-state index contributed by atoms with van der Waals surface area (Å²) >= 11 is 0. The van der Waals surface area contributed by atoms with Gasteiger partial charge in [0.2, 0.25) is 10.0 Å². The molecule has 0 bridgehead atoms. The Morgan fingerprint density at radius 2 is 1.89 bits per heavy atom. The van der Waals surface area contributed by atoms with Crippen molar-refractivity contribution in [3.8, 4) is 0 Å². The van der Waals surface area contributed by atoms with Crippen molar-refractivity contribution in [1.29, 1.82) is 0 Å². The molecule has 1 aliphatic carbocycles. The highest BCUT2D eigenvalue weighted by atomic mass is 32.2. The Kier molecular flexibility index (Phi) is 5.04. The highest BCUT2D eigenvalue weighted by Crippen LogP contribution is 2.25. The number of piperidine rings is 1. The van der Waals surface area contributed by atoms with Gasteiger partial charge >= 0.3 is 0 Å². The molecule has 18 heavy (non-hydrogen) atoms. The van der Waals surface area contributed by atoms with Crippen molar-refractivity contribution >= 4 is 10.0 Å². The molecule has 0 spiro atoms. The quantitative estimate of drug-likeness (QED) is 0.816. The molecular weight excluding hydrogens is 248 g/mol. The van der Waals surface area contributed by atoms with Gasteiger partial charge in [-0.3, -0.25) is 0 Å². The van der Waals surface area contributed by atoms with E-state index >= 15 is 0 Å². The standard InChI is InChI=1S/C13H26N2O2S/c1-11-9-14-8-7-13(11)15-18(16,17)10-12-5-3-2-4-6-12/h11-15H,2-10H2,1H3. The van der Waals surface area contributed by atoms with E-state index in [9.17, 15) is 8.42 Å². The summed E-state index contributed by atoms with van der Waals surface area (Å²) in [7, 11) is -3.09. The first kappa shape index (κ1) is 14.3. The Labute approximate surface area is 111 Å². The normalized spacial score (nSPS) is 31.4. The molecule has 0 aromatic rings. The van der Waals surface area contributed by atoms with E-state index in [0.29, 0.717) is 17.6 Å². The van der Waals surface area contributed by atoms with Gasteiger partial charge in [0.25, 0.3) is 0 Å². The smallest absolute Gasteiger partial charge is 0.212 e. The van der Waals surface area contributed by atoms with Crippen molar-refractivity contribution < 1.29 is 8.42 Å². The summed E-state index contributed by atoms with van der Waals surface area (Å²) in [6.45, 7) is 3.94. The third-order valence-electron chi connectivity index (χ3n) is 4.30. The van der Waals surface area contributed by atoms with Crippen LogP contribution in [0.15, 0.2) is 0 Å². The second-order valence-corrected chi connectivity index (χ2v) is 7.78. The van der Waals surface area contributed by atoms with Gasteiger partial charge in [0.05, 0.1) is 5.75 Å². The summed E-state index contributed by atoms with van der Waals surface area (Å²) in [4.78, 5) is 0. The minimum atomic E-state index is -3.09. The molecule has 2 atom stereocenters. The average molecular weight is 274 g/mol. The van der Waals surface area contributed by atoms with Gasteiger partial charge in [0.1, 0.15) is 0 Å². The number of hydrogen-bond acceptors (Lipinski definition) is 3. The van der Waals surface area contributed by atoms with Crippen LogP contribution in [0.25, 0.3) is 0 Å². The van der Waals surface area contributed by atoms with Crippen molar-refractivity contribution in [3.63, 3.8) is 0 Å². The molecular formula is C13H26N2O2S. The van der Waals surface area contributed by atoms with Crippen LogP contribution in [0.2, 0.25) is 0 Å². The average Bonchev–Trinajstić information content (AvgIpc) is 2.32. The Hall–Kier alpha value is -0.130. The maximum Gasteiger partial charge on any atom is 0.212 e. The molecule has 0 aromatic carbocycles. The molecule has 2 N–H and O–H groups in total. The maximum atomic E-state index is 12.2. The molecule has 2 unspecified atom stereocenters. The van der Waals surface area contributed by atoms with E-state index in [1.165, 1.54) is 19.3 Å². The fourth-order valence-electron chi connectivity index (χ4n) is 3.13. The van der Waals surface area contributed by atoms with Crippen molar-refractivity contribution in [3.05, 3.63) is 0 Å². The predicted octanol–water partition coefficient (Wildman–Crippen LogP) is 1.48. The van der Waals surface area contributed by atoms with E-state index in [-0.39, 0.29) is 6.04 Å². The lowest BCUT2D eigenvalue weighted by atomic mass is 9.91. The van der Waals surface area contributed by atoms with Gasteiger partial charge in [-0.15, -0.1) is 0 Å². The Morgan fingerprint density at radius 3 is 2.56 bits per heavy atom. The van der Waals surface area contributed by atoms with Gasteiger partial charge in [0.15, 0.2) is 0 Å². The van der Waals surface area contributed by atoms with Crippen LogP contribution >= 0.6 is 0 Å². The monoisotopic (exact) mass is 274 g/mol. The molecule has 5 heteroatoms. The molecule has 1 saturated heterocycles. The van der Waals surface area contributed by atoms with Crippen LogP contribution in [0, 0.1) is 11.8 Å². The minimum absolute atomic E-state index is 0.125. The third-order valence-corrected chi connectivity index (χ3v) is 5.87. The van der Waals surface area contributed by atoms with E-state index in [0.717, 1.165) is 32.4 Å². The van der Waals surface area contributed by atoms with Crippen LogP contribution in [0.1, 0.15) is 45.4 Å². The van der Waals surface area contributed by atoms with Gasteiger partial charge < -0.3 is 5.32 Å². The first-order chi connectivity index (χ1) is 8.57. The molecule has 0 radical (unpaired) electrons. The zero-order valence-corrected chi connectivity index (χ0v) is 12.1. The van der Waals surface area contributed by atoms with E-state index in [4.69, 9.17) is 0 Å². The summed E-state index contributed by atoms with van der Waals surface area (Å²) in [5.41, 5.74) is 0. The second kappa shape index (κ2) is 6.35. The molecule has 2 fully saturated rings. The van der Waals surface area contributed by atoms with Crippen LogP contribution in [0.5, 0.6) is 0 Å². The molecule has 106 valence electrons. The van der Waals surface area contributed by atoms with Crippen molar-refractivity contribution in [2.75, 3.05) is 18.8 Å². The van der Waals surface area contributed by atoms with E-state index < -0.39 is 10.0 Å². The van der Waals surface area contributed by atoms with Crippen LogP contribution in [-0.4, -0.2) is 33.3 Å². The number of hydrogen-bond donors (Lipinski definition) is 2. The van der Waals surface area contributed by atoms with Crippen LogP contribution in [0.3, 0.4) is 0 Å². The predicted molar refractivity (Wildman–Crippen MR) is 73.9 cm³/mol. The van der Waals surface area contributed by atoms with Crippen molar-refractivity contribution in [2.45, 2.75) is 51.5 Å². The summed E-state index contributed by atoms with van der Waals surface area (Å²) in [6.07, 6.45) is 6.75. The van der Waals surface area contributed by atoms with Gasteiger partial charge in [-0.2, -0.15) is 0 Å². The Morgan fingerprint density at radius 1 is 1.17 bits per heavy atom. The molecule has 2 rings (SSSR count). The molecule has 0 aromatic heterocycles. The molecule has 2 aliphatic rings. The van der Waals surface area contributed by atoms with Crippen molar-refractivity contribution in [2.24, 2.45) is 11.8 Å². The number of sulfonamides is 1. The molecule has 1 saturated carbocycles. The first-order valence-electron chi connectivity index (χ1n) is 7.27. The number of nitrogens with one attached hydrogen (secondary N) is 2. The van der Waals surface area contributed by atoms with Crippen LogP contribution in [-0.2, 0) is 10.0 Å². The van der Waals surface area contributed by atoms with Gasteiger partial charge in [0, 0.05) is 6.04 Å². The fraction of sp³-hybridized carbons (Fsp3) is 1.00. The topological polar surface area (TPSA) is 58.2 Å². The SMILES string of the molecule is CC1CNCCC1NS(=O)(=O)CC1CCCCC1. The third kappa shape index (κ3) is 4.21. The highest BCUT2D eigenvalue weighted by molar-refractivity contribution is 7.89. The lowest BCUT2D eigenvalue weighted by molar-refractivity contribution is 0.325. The van der Waals surface area contributed by atoms with Crippen LogP contribution < -0.4 is 10.0 Å². The lowest BCUT2D eigenvalue weighted by Crippen LogP contribution is -2.49. The van der Waals surface area contributed by atoms with Gasteiger partial charge in [-0.1, -0.05) is 26.2 Å². The molecule has 1 heterocycles. The maximum absolute atomic E-state index is 12.2.